The Morgan fingerprint density at radius 2 is 1.68 bits per heavy atom. The van der Waals surface area contributed by atoms with Gasteiger partial charge in [-0.3, -0.25) is 4.98 Å². The molecule has 1 aliphatic heterocycles. The Morgan fingerprint density at radius 1 is 0.973 bits per heavy atom. The zero-order valence-electron chi connectivity index (χ0n) is 20.5. The van der Waals surface area contributed by atoms with Crippen molar-refractivity contribution in [2.45, 2.75) is 32.1 Å². The second kappa shape index (κ2) is 9.55. The van der Waals surface area contributed by atoms with E-state index in [-0.39, 0.29) is 17.8 Å². The molecule has 5 nitrogen and oxygen atoms in total. The normalized spacial score (nSPS) is 17.7. The number of thiocarbonyl (C=S) groups is 1. The molecule has 0 unspecified atom stereocenters. The summed E-state index contributed by atoms with van der Waals surface area (Å²) in [4.78, 5) is 6.56. The third-order valence-electron chi connectivity index (χ3n) is 6.69. The quantitative estimate of drug-likeness (QED) is 0.296. The van der Waals surface area contributed by atoms with E-state index in [1.807, 2.05) is 67.3 Å². The summed E-state index contributed by atoms with van der Waals surface area (Å²) in [5.41, 5.74) is 3.27. The smallest absolute Gasteiger partial charge is 0.418 e. The Hall–Kier alpha value is -3.85. The molecule has 1 aliphatic rings. The third-order valence-corrected chi connectivity index (χ3v) is 7.00. The fourth-order valence-electron chi connectivity index (χ4n) is 5.06. The summed E-state index contributed by atoms with van der Waals surface area (Å²) in [5.74, 6) is 0.710. The van der Waals surface area contributed by atoms with Crippen molar-refractivity contribution in [3.05, 3.63) is 107 Å². The van der Waals surface area contributed by atoms with Crippen molar-refractivity contribution in [2.24, 2.45) is 0 Å². The first-order chi connectivity index (χ1) is 17.7. The maximum atomic E-state index is 13.9. The van der Waals surface area contributed by atoms with E-state index in [1.165, 1.54) is 12.1 Å². The van der Waals surface area contributed by atoms with Crippen molar-refractivity contribution in [3.8, 4) is 11.4 Å². The summed E-state index contributed by atoms with van der Waals surface area (Å²) in [5, 5.41) is 3.91. The van der Waals surface area contributed by atoms with E-state index in [1.54, 1.807) is 23.9 Å². The Labute approximate surface area is 218 Å². The lowest BCUT2D eigenvalue weighted by molar-refractivity contribution is -0.137. The zero-order chi connectivity index (χ0) is 26.3. The van der Waals surface area contributed by atoms with Gasteiger partial charge in [0.25, 0.3) is 0 Å². The molecule has 190 valence electrons. The van der Waals surface area contributed by atoms with Gasteiger partial charge in [-0.05, 0) is 86.2 Å². The molecule has 1 N–H and O–H groups in total. The van der Waals surface area contributed by atoms with E-state index in [9.17, 15) is 13.2 Å². The van der Waals surface area contributed by atoms with Gasteiger partial charge in [0, 0.05) is 23.3 Å². The molecule has 2 aromatic carbocycles. The number of rotatable bonds is 5. The standard InChI is InChI=1S/C28H25F3N4OS/c1-17-16-21(18(2)34(17)24-10-5-4-8-22(24)28(29,30)31)26-25(23-9-6-7-15-32-23)33-27(37)35(26)19-11-13-20(36-3)14-12-19/h4-16,25-26H,1-3H3,(H,33,37)/t25-,26-/m1/s1. The van der Waals surface area contributed by atoms with Crippen molar-refractivity contribution in [2.75, 3.05) is 12.0 Å². The van der Waals surface area contributed by atoms with Gasteiger partial charge in [-0.25, -0.2) is 0 Å². The van der Waals surface area contributed by atoms with E-state index in [0.717, 1.165) is 23.0 Å². The third kappa shape index (κ3) is 4.44. The largest absolute Gasteiger partial charge is 0.497 e. The molecule has 9 heteroatoms. The minimum atomic E-state index is -4.48. The van der Waals surface area contributed by atoms with E-state index in [2.05, 4.69) is 10.3 Å². The number of aromatic nitrogens is 2. The second-order valence-electron chi connectivity index (χ2n) is 8.87. The summed E-state index contributed by atoms with van der Waals surface area (Å²) >= 11 is 5.78. The molecule has 1 saturated heterocycles. The van der Waals surface area contributed by atoms with Crippen LogP contribution in [0.2, 0.25) is 0 Å². The van der Waals surface area contributed by atoms with Crippen LogP contribution in [0.25, 0.3) is 5.69 Å². The number of halogens is 3. The van der Waals surface area contributed by atoms with Gasteiger partial charge in [0.05, 0.1) is 36.1 Å². The first kappa shape index (κ1) is 24.8. The number of anilines is 1. The van der Waals surface area contributed by atoms with Crippen LogP contribution in [0.1, 0.15) is 40.3 Å². The van der Waals surface area contributed by atoms with Gasteiger partial charge in [0.1, 0.15) is 5.75 Å². The average Bonchev–Trinajstić information content (AvgIpc) is 3.39. The predicted molar refractivity (Wildman–Crippen MR) is 141 cm³/mol. The van der Waals surface area contributed by atoms with Gasteiger partial charge in [-0.15, -0.1) is 0 Å². The first-order valence-electron chi connectivity index (χ1n) is 11.7. The Bertz CT molecular complexity index is 1430. The van der Waals surface area contributed by atoms with Gasteiger partial charge in [-0.1, -0.05) is 18.2 Å². The molecule has 5 rings (SSSR count). The van der Waals surface area contributed by atoms with Crippen molar-refractivity contribution in [1.82, 2.24) is 14.9 Å². The number of ether oxygens (including phenoxy) is 1. The van der Waals surface area contributed by atoms with E-state index < -0.39 is 11.7 Å². The van der Waals surface area contributed by atoms with Crippen molar-refractivity contribution >= 4 is 23.0 Å². The SMILES string of the molecule is COc1ccc(N2C(=S)N[C@H](c3ccccn3)[C@H]2c2cc(C)n(-c3ccccc3C(F)(F)F)c2C)cc1. The van der Waals surface area contributed by atoms with Gasteiger partial charge in [0.2, 0.25) is 0 Å². The summed E-state index contributed by atoms with van der Waals surface area (Å²) in [7, 11) is 1.60. The van der Waals surface area contributed by atoms with Crippen LogP contribution in [-0.2, 0) is 6.18 Å². The molecular formula is C28H25F3N4OS. The molecule has 37 heavy (non-hydrogen) atoms. The fourth-order valence-corrected chi connectivity index (χ4v) is 5.40. The molecule has 0 spiro atoms. The second-order valence-corrected chi connectivity index (χ2v) is 9.26. The van der Waals surface area contributed by atoms with E-state index >= 15 is 0 Å². The Kier molecular flexibility index (Phi) is 6.41. The number of alkyl halides is 3. The highest BCUT2D eigenvalue weighted by atomic mass is 32.1. The minimum Gasteiger partial charge on any atom is -0.497 e. The van der Waals surface area contributed by atoms with Crippen molar-refractivity contribution in [3.63, 3.8) is 0 Å². The van der Waals surface area contributed by atoms with Crippen molar-refractivity contribution in [1.29, 1.82) is 0 Å². The van der Waals surface area contributed by atoms with Crippen LogP contribution in [0, 0.1) is 13.8 Å². The molecule has 2 atom stereocenters. The topological polar surface area (TPSA) is 42.3 Å². The molecule has 3 heterocycles. The highest BCUT2D eigenvalue weighted by Gasteiger charge is 2.43. The molecule has 0 saturated carbocycles. The number of nitrogens with zero attached hydrogens (tertiary/aromatic N) is 3. The van der Waals surface area contributed by atoms with Crippen LogP contribution in [0.4, 0.5) is 18.9 Å². The monoisotopic (exact) mass is 522 g/mol. The number of nitrogens with one attached hydrogen (secondary N) is 1. The van der Waals surface area contributed by atoms with E-state index in [4.69, 9.17) is 17.0 Å². The number of hydrogen-bond donors (Lipinski definition) is 1. The number of methoxy groups -OCH3 is 1. The maximum Gasteiger partial charge on any atom is 0.418 e. The van der Waals surface area contributed by atoms with Crippen molar-refractivity contribution < 1.29 is 17.9 Å². The lowest BCUT2D eigenvalue weighted by Gasteiger charge is -2.28. The van der Waals surface area contributed by atoms with Gasteiger partial charge in [0.15, 0.2) is 5.11 Å². The number of benzene rings is 2. The molecular weight excluding hydrogens is 497 g/mol. The molecule has 0 bridgehead atoms. The van der Waals surface area contributed by atoms with Gasteiger partial charge in [-0.2, -0.15) is 13.2 Å². The van der Waals surface area contributed by atoms with Crippen LogP contribution in [-0.4, -0.2) is 21.8 Å². The van der Waals surface area contributed by atoms with Gasteiger partial charge < -0.3 is 19.5 Å². The zero-order valence-corrected chi connectivity index (χ0v) is 21.3. The van der Waals surface area contributed by atoms with Crippen LogP contribution < -0.4 is 15.0 Å². The summed E-state index contributed by atoms with van der Waals surface area (Å²) in [6, 6.07) is 20.1. The summed E-state index contributed by atoms with van der Waals surface area (Å²) < 4.78 is 48.7. The Morgan fingerprint density at radius 3 is 2.32 bits per heavy atom. The average molecular weight is 523 g/mol. The lowest BCUT2D eigenvalue weighted by atomic mass is 9.96. The minimum absolute atomic E-state index is 0.0927. The van der Waals surface area contributed by atoms with Crippen LogP contribution in [0.15, 0.2) is 79.0 Å². The Balaban J connectivity index is 1.69. The lowest BCUT2D eigenvalue weighted by Crippen LogP contribution is -2.29. The molecule has 0 amide bonds. The molecule has 0 radical (unpaired) electrons. The summed E-state index contributed by atoms with van der Waals surface area (Å²) in [6.07, 6.45) is -2.77. The molecule has 0 aliphatic carbocycles. The maximum absolute atomic E-state index is 13.9. The van der Waals surface area contributed by atoms with Gasteiger partial charge >= 0.3 is 6.18 Å². The van der Waals surface area contributed by atoms with Crippen LogP contribution in [0.5, 0.6) is 5.75 Å². The highest BCUT2D eigenvalue weighted by Crippen LogP contribution is 2.44. The number of para-hydroxylation sites is 1. The summed E-state index contributed by atoms with van der Waals surface area (Å²) in [6.45, 7) is 3.66. The van der Waals surface area contributed by atoms with Crippen LogP contribution in [0.3, 0.4) is 0 Å². The predicted octanol–water partition coefficient (Wildman–Crippen LogP) is 6.69. The number of pyridine rings is 1. The van der Waals surface area contributed by atoms with E-state index in [0.29, 0.717) is 22.2 Å². The molecule has 1 fully saturated rings. The first-order valence-corrected chi connectivity index (χ1v) is 12.1. The molecule has 2 aromatic heterocycles. The fraction of sp³-hybridized carbons (Fsp3) is 0.214. The number of hydrogen-bond acceptors (Lipinski definition) is 3. The number of aryl methyl sites for hydroxylation is 1. The molecule has 4 aromatic rings. The van der Waals surface area contributed by atoms with Crippen LogP contribution >= 0.6 is 12.2 Å². The highest BCUT2D eigenvalue weighted by molar-refractivity contribution is 7.80.